The van der Waals surface area contributed by atoms with Crippen LogP contribution in [0.25, 0.3) is 0 Å². The lowest BCUT2D eigenvalue weighted by atomic mass is 9.96. The van der Waals surface area contributed by atoms with E-state index >= 15 is 0 Å². The Morgan fingerprint density at radius 1 is 1.33 bits per heavy atom. The summed E-state index contributed by atoms with van der Waals surface area (Å²) >= 11 is 1.84. The summed E-state index contributed by atoms with van der Waals surface area (Å²) in [6.45, 7) is 4.01. The molecule has 2 aliphatic heterocycles. The number of hydrogen-bond donors (Lipinski definition) is 0. The van der Waals surface area contributed by atoms with E-state index in [1.165, 1.54) is 4.88 Å². The van der Waals surface area contributed by atoms with E-state index in [-0.39, 0.29) is 0 Å². The SMILES string of the molecule is CN(C)CCN1C(=O)CC[C@@H]2[C@H]1CCN2Cc1cccs1. The normalized spacial score (nSPS) is 26.6. The molecular weight excluding hydrogens is 282 g/mol. The maximum Gasteiger partial charge on any atom is 0.222 e. The van der Waals surface area contributed by atoms with E-state index < -0.39 is 0 Å². The van der Waals surface area contributed by atoms with Gasteiger partial charge in [-0.2, -0.15) is 0 Å². The zero-order valence-corrected chi connectivity index (χ0v) is 13.8. The van der Waals surface area contributed by atoms with Crippen LogP contribution in [0.2, 0.25) is 0 Å². The Morgan fingerprint density at radius 3 is 2.90 bits per heavy atom. The summed E-state index contributed by atoms with van der Waals surface area (Å²) in [6, 6.07) is 5.34. The van der Waals surface area contributed by atoms with Gasteiger partial charge in [-0.05, 0) is 38.4 Å². The largest absolute Gasteiger partial charge is 0.337 e. The van der Waals surface area contributed by atoms with Crippen molar-refractivity contribution in [1.82, 2.24) is 14.7 Å². The second kappa shape index (κ2) is 6.46. The minimum absolute atomic E-state index is 0.357. The number of thiophene rings is 1. The van der Waals surface area contributed by atoms with Crippen LogP contribution in [0.4, 0.5) is 0 Å². The van der Waals surface area contributed by atoms with Crippen molar-refractivity contribution < 1.29 is 4.79 Å². The average molecular weight is 307 g/mol. The zero-order chi connectivity index (χ0) is 14.8. The fourth-order valence-electron chi connectivity index (χ4n) is 3.64. The summed E-state index contributed by atoms with van der Waals surface area (Å²) < 4.78 is 0. The second-order valence-corrected chi connectivity index (χ2v) is 7.43. The van der Waals surface area contributed by atoms with Gasteiger partial charge in [0.25, 0.3) is 0 Å². The number of piperidine rings is 1. The molecule has 116 valence electrons. The zero-order valence-electron chi connectivity index (χ0n) is 13.0. The number of fused-ring (bicyclic) bond motifs is 1. The summed E-state index contributed by atoms with van der Waals surface area (Å²) in [5.74, 6) is 0.357. The monoisotopic (exact) mass is 307 g/mol. The fourth-order valence-corrected chi connectivity index (χ4v) is 4.36. The van der Waals surface area contributed by atoms with Crippen molar-refractivity contribution >= 4 is 17.2 Å². The Kier molecular flexibility index (Phi) is 4.62. The van der Waals surface area contributed by atoms with Crippen molar-refractivity contribution in [2.75, 3.05) is 33.7 Å². The molecule has 0 aromatic carbocycles. The van der Waals surface area contributed by atoms with Crippen LogP contribution in [-0.4, -0.2) is 66.4 Å². The molecule has 4 nitrogen and oxygen atoms in total. The molecule has 0 radical (unpaired) electrons. The first-order chi connectivity index (χ1) is 10.1. The quantitative estimate of drug-likeness (QED) is 0.831. The fraction of sp³-hybridized carbons (Fsp3) is 0.688. The summed E-state index contributed by atoms with van der Waals surface area (Å²) in [7, 11) is 4.15. The van der Waals surface area contributed by atoms with Gasteiger partial charge in [0.1, 0.15) is 0 Å². The van der Waals surface area contributed by atoms with E-state index in [2.05, 4.69) is 46.3 Å². The van der Waals surface area contributed by atoms with Gasteiger partial charge in [-0.15, -0.1) is 11.3 Å². The Hall–Kier alpha value is -0.910. The molecule has 2 saturated heterocycles. The van der Waals surface area contributed by atoms with Crippen molar-refractivity contribution in [1.29, 1.82) is 0 Å². The minimum Gasteiger partial charge on any atom is -0.337 e. The molecule has 3 rings (SSSR count). The number of likely N-dealkylation sites (tertiary alicyclic amines) is 2. The average Bonchev–Trinajstić information content (AvgIpc) is 3.08. The van der Waals surface area contributed by atoms with Gasteiger partial charge in [0.15, 0.2) is 0 Å². The van der Waals surface area contributed by atoms with E-state index in [4.69, 9.17) is 0 Å². The van der Waals surface area contributed by atoms with Crippen LogP contribution in [0.15, 0.2) is 17.5 Å². The highest BCUT2D eigenvalue weighted by molar-refractivity contribution is 7.09. The third-order valence-corrected chi connectivity index (χ3v) is 5.59. The lowest BCUT2D eigenvalue weighted by molar-refractivity contribution is -0.137. The summed E-state index contributed by atoms with van der Waals surface area (Å²) in [4.78, 5) is 20.6. The number of nitrogens with zero attached hydrogens (tertiary/aromatic N) is 3. The van der Waals surface area contributed by atoms with Gasteiger partial charge in [-0.25, -0.2) is 0 Å². The number of hydrogen-bond acceptors (Lipinski definition) is 4. The molecule has 2 atom stereocenters. The van der Waals surface area contributed by atoms with Crippen LogP contribution in [0, 0.1) is 0 Å². The van der Waals surface area contributed by atoms with Gasteiger partial charge in [-0.1, -0.05) is 6.07 Å². The van der Waals surface area contributed by atoms with E-state index in [1.54, 1.807) is 0 Å². The summed E-state index contributed by atoms with van der Waals surface area (Å²) in [5.41, 5.74) is 0. The highest BCUT2D eigenvalue weighted by Gasteiger charge is 2.42. The highest BCUT2D eigenvalue weighted by Crippen LogP contribution is 2.32. The Labute approximate surface area is 131 Å². The molecule has 0 spiro atoms. The minimum atomic E-state index is 0.357. The van der Waals surface area contributed by atoms with Crippen molar-refractivity contribution in [3.8, 4) is 0 Å². The van der Waals surface area contributed by atoms with Crippen LogP contribution < -0.4 is 0 Å². The molecule has 0 saturated carbocycles. The molecule has 0 N–H and O–H groups in total. The molecule has 3 heterocycles. The predicted molar refractivity (Wildman–Crippen MR) is 86.4 cm³/mol. The first kappa shape index (κ1) is 15.0. The van der Waals surface area contributed by atoms with Crippen molar-refractivity contribution in [2.24, 2.45) is 0 Å². The molecule has 1 aromatic heterocycles. The number of amides is 1. The smallest absolute Gasteiger partial charge is 0.222 e. The lowest BCUT2D eigenvalue weighted by Gasteiger charge is -2.40. The van der Waals surface area contributed by atoms with Crippen molar-refractivity contribution in [3.05, 3.63) is 22.4 Å². The van der Waals surface area contributed by atoms with Crippen molar-refractivity contribution in [2.45, 2.75) is 37.9 Å². The van der Waals surface area contributed by atoms with E-state index in [0.717, 1.165) is 45.4 Å². The second-order valence-electron chi connectivity index (χ2n) is 6.40. The van der Waals surface area contributed by atoms with Gasteiger partial charge < -0.3 is 9.80 Å². The molecule has 2 aliphatic rings. The van der Waals surface area contributed by atoms with Gasteiger partial charge in [0, 0.05) is 49.6 Å². The highest BCUT2D eigenvalue weighted by atomic mass is 32.1. The number of rotatable bonds is 5. The predicted octanol–water partition coefficient (Wildman–Crippen LogP) is 1.87. The maximum absolute atomic E-state index is 12.3. The molecule has 21 heavy (non-hydrogen) atoms. The molecule has 5 heteroatoms. The third kappa shape index (κ3) is 3.30. The number of carbonyl (C=O) groups is 1. The summed E-state index contributed by atoms with van der Waals surface area (Å²) in [6.07, 6.45) is 2.89. The van der Waals surface area contributed by atoms with E-state index in [0.29, 0.717) is 18.0 Å². The first-order valence-electron chi connectivity index (χ1n) is 7.86. The molecular formula is C16H25N3OS. The van der Waals surface area contributed by atoms with Crippen LogP contribution in [0.1, 0.15) is 24.1 Å². The van der Waals surface area contributed by atoms with Gasteiger partial charge in [0.05, 0.1) is 0 Å². The maximum atomic E-state index is 12.3. The molecule has 1 aromatic rings. The first-order valence-corrected chi connectivity index (χ1v) is 8.74. The van der Waals surface area contributed by atoms with E-state index in [9.17, 15) is 4.79 Å². The standard InChI is InChI=1S/C16H25N3OS/c1-17(2)9-10-19-15-7-8-18(12-13-4-3-11-21-13)14(15)5-6-16(19)20/h3-4,11,14-15H,5-10,12H2,1-2H3/t14-,15-/m1/s1. The van der Waals surface area contributed by atoms with Crippen LogP contribution in [-0.2, 0) is 11.3 Å². The molecule has 1 amide bonds. The molecule has 0 aliphatic carbocycles. The van der Waals surface area contributed by atoms with Crippen LogP contribution >= 0.6 is 11.3 Å². The Balaban J connectivity index is 1.65. The van der Waals surface area contributed by atoms with Gasteiger partial charge in [-0.3, -0.25) is 9.69 Å². The molecule has 2 fully saturated rings. The molecule has 0 bridgehead atoms. The Bertz CT molecular complexity index is 474. The Morgan fingerprint density at radius 2 is 2.19 bits per heavy atom. The third-order valence-electron chi connectivity index (χ3n) is 4.73. The van der Waals surface area contributed by atoms with Gasteiger partial charge in [0.2, 0.25) is 5.91 Å². The summed E-state index contributed by atoms with van der Waals surface area (Å²) in [5, 5.41) is 2.15. The lowest BCUT2D eigenvalue weighted by Crippen LogP contribution is -2.53. The van der Waals surface area contributed by atoms with E-state index in [1.807, 2.05) is 11.3 Å². The topological polar surface area (TPSA) is 26.8 Å². The van der Waals surface area contributed by atoms with Crippen LogP contribution in [0.3, 0.4) is 0 Å². The molecule has 0 unspecified atom stereocenters. The number of carbonyl (C=O) groups excluding carboxylic acids is 1. The van der Waals surface area contributed by atoms with Crippen LogP contribution in [0.5, 0.6) is 0 Å². The van der Waals surface area contributed by atoms with Gasteiger partial charge >= 0.3 is 0 Å². The number of likely N-dealkylation sites (N-methyl/N-ethyl adjacent to an activating group) is 1. The van der Waals surface area contributed by atoms with Crippen molar-refractivity contribution in [3.63, 3.8) is 0 Å².